The molecule has 0 unspecified atom stereocenters. The van der Waals surface area contributed by atoms with E-state index in [4.69, 9.17) is 5.73 Å². The highest BCUT2D eigenvalue weighted by Crippen LogP contribution is 2.02. The number of carbonyl (C=O) groups excluding carboxylic acids is 1. The molecule has 0 bridgehead atoms. The molecule has 0 fully saturated rings. The Bertz CT molecular complexity index is 272. The molecule has 4 nitrogen and oxygen atoms in total. The Labute approximate surface area is 68.6 Å². The van der Waals surface area contributed by atoms with Crippen molar-refractivity contribution in [2.45, 2.75) is 0 Å². The number of hydrogen-bond acceptors (Lipinski definition) is 3. The standard InChI is InChI=1S/C7H8FN3O/c8-5-1-2-6(10-4-5)11-7(12)3-9/h1-2,4H,3,9H2,(H,10,11,12). The molecule has 0 spiro atoms. The lowest BCUT2D eigenvalue weighted by Gasteiger charge is -2.00. The van der Waals surface area contributed by atoms with Crippen LogP contribution in [-0.4, -0.2) is 17.4 Å². The van der Waals surface area contributed by atoms with E-state index in [9.17, 15) is 9.18 Å². The molecule has 0 saturated heterocycles. The maximum atomic E-state index is 12.3. The van der Waals surface area contributed by atoms with Crippen molar-refractivity contribution in [3.05, 3.63) is 24.1 Å². The van der Waals surface area contributed by atoms with Gasteiger partial charge in [0.2, 0.25) is 5.91 Å². The first-order valence-electron chi connectivity index (χ1n) is 3.34. The van der Waals surface area contributed by atoms with Crippen LogP contribution in [0.1, 0.15) is 0 Å². The van der Waals surface area contributed by atoms with Crippen LogP contribution in [-0.2, 0) is 4.79 Å². The summed E-state index contributed by atoms with van der Waals surface area (Å²) in [5.41, 5.74) is 5.04. The van der Waals surface area contributed by atoms with Crippen LogP contribution in [0, 0.1) is 5.82 Å². The van der Waals surface area contributed by atoms with E-state index in [1.807, 2.05) is 0 Å². The fourth-order valence-corrected chi connectivity index (χ4v) is 0.644. The topological polar surface area (TPSA) is 68.0 Å². The smallest absolute Gasteiger partial charge is 0.239 e. The van der Waals surface area contributed by atoms with Crippen molar-refractivity contribution in [1.82, 2.24) is 4.98 Å². The van der Waals surface area contributed by atoms with Crippen LogP contribution in [0.2, 0.25) is 0 Å². The predicted octanol–water partition coefficient (Wildman–Crippen LogP) is 0.118. The van der Waals surface area contributed by atoms with Gasteiger partial charge < -0.3 is 11.1 Å². The number of pyridine rings is 1. The number of nitrogens with two attached hydrogens (primary N) is 1. The average Bonchev–Trinajstić information content (AvgIpc) is 2.09. The van der Waals surface area contributed by atoms with Gasteiger partial charge in [0, 0.05) is 0 Å². The maximum absolute atomic E-state index is 12.3. The van der Waals surface area contributed by atoms with Crippen molar-refractivity contribution in [3.63, 3.8) is 0 Å². The van der Waals surface area contributed by atoms with Crippen LogP contribution in [0.25, 0.3) is 0 Å². The monoisotopic (exact) mass is 169 g/mol. The van der Waals surface area contributed by atoms with Crippen molar-refractivity contribution >= 4 is 11.7 Å². The highest BCUT2D eigenvalue weighted by atomic mass is 19.1. The van der Waals surface area contributed by atoms with Gasteiger partial charge in [0.25, 0.3) is 0 Å². The first kappa shape index (κ1) is 8.61. The number of anilines is 1. The molecule has 0 saturated carbocycles. The minimum atomic E-state index is -0.444. The Morgan fingerprint density at radius 2 is 2.42 bits per heavy atom. The van der Waals surface area contributed by atoms with Gasteiger partial charge >= 0.3 is 0 Å². The van der Waals surface area contributed by atoms with Gasteiger partial charge in [0.1, 0.15) is 11.6 Å². The molecular weight excluding hydrogens is 161 g/mol. The van der Waals surface area contributed by atoms with E-state index in [-0.39, 0.29) is 12.5 Å². The van der Waals surface area contributed by atoms with Gasteiger partial charge in [-0.1, -0.05) is 0 Å². The number of rotatable bonds is 2. The SMILES string of the molecule is NCC(=O)Nc1ccc(F)cn1. The number of aromatic nitrogens is 1. The van der Waals surface area contributed by atoms with E-state index in [0.29, 0.717) is 5.82 Å². The summed E-state index contributed by atoms with van der Waals surface area (Å²) < 4.78 is 12.3. The van der Waals surface area contributed by atoms with E-state index < -0.39 is 5.82 Å². The number of amides is 1. The zero-order valence-corrected chi connectivity index (χ0v) is 6.25. The van der Waals surface area contributed by atoms with Crippen molar-refractivity contribution in [1.29, 1.82) is 0 Å². The first-order chi connectivity index (χ1) is 5.72. The molecule has 1 heterocycles. The van der Waals surface area contributed by atoms with Crippen LogP contribution in [0.4, 0.5) is 10.2 Å². The van der Waals surface area contributed by atoms with Gasteiger partial charge in [-0.15, -0.1) is 0 Å². The molecule has 0 aliphatic heterocycles. The molecule has 1 aromatic rings. The number of halogens is 1. The maximum Gasteiger partial charge on any atom is 0.239 e. The molecule has 3 N–H and O–H groups in total. The minimum absolute atomic E-state index is 0.112. The Kier molecular flexibility index (Phi) is 2.71. The highest BCUT2D eigenvalue weighted by Gasteiger charge is 1.99. The van der Waals surface area contributed by atoms with Crippen LogP contribution in [0.15, 0.2) is 18.3 Å². The Balaban J connectivity index is 2.64. The van der Waals surface area contributed by atoms with E-state index in [1.54, 1.807) is 0 Å². The molecule has 0 aromatic carbocycles. The Morgan fingerprint density at radius 1 is 1.67 bits per heavy atom. The quantitative estimate of drug-likeness (QED) is 0.660. The third-order valence-electron chi connectivity index (χ3n) is 1.18. The fourth-order valence-electron chi connectivity index (χ4n) is 0.644. The van der Waals surface area contributed by atoms with Crippen molar-refractivity contribution in [3.8, 4) is 0 Å². The molecule has 12 heavy (non-hydrogen) atoms. The zero-order valence-electron chi connectivity index (χ0n) is 6.25. The van der Waals surface area contributed by atoms with E-state index in [1.165, 1.54) is 12.1 Å². The molecule has 0 radical (unpaired) electrons. The van der Waals surface area contributed by atoms with E-state index >= 15 is 0 Å². The summed E-state index contributed by atoms with van der Waals surface area (Å²) in [4.78, 5) is 14.3. The molecule has 64 valence electrons. The molecular formula is C7H8FN3O. The molecule has 0 aliphatic rings. The highest BCUT2D eigenvalue weighted by molar-refractivity contribution is 5.91. The van der Waals surface area contributed by atoms with E-state index in [2.05, 4.69) is 10.3 Å². The van der Waals surface area contributed by atoms with Crippen molar-refractivity contribution < 1.29 is 9.18 Å². The zero-order chi connectivity index (χ0) is 8.97. The lowest BCUT2D eigenvalue weighted by molar-refractivity contribution is -0.114. The van der Waals surface area contributed by atoms with Gasteiger partial charge in [-0.3, -0.25) is 4.79 Å². The summed E-state index contributed by atoms with van der Waals surface area (Å²) in [6.45, 7) is -0.112. The first-order valence-corrected chi connectivity index (χ1v) is 3.34. The normalized spacial score (nSPS) is 9.50. The summed E-state index contributed by atoms with van der Waals surface area (Å²) in [6.07, 6.45) is 1.02. The molecule has 5 heteroatoms. The van der Waals surface area contributed by atoms with Crippen LogP contribution < -0.4 is 11.1 Å². The van der Waals surface area contributed by atoms with Crippen LogP contribution in [0.3, 0.4) is 0 Å². The third kappa shape index (κ3) is 2.28. The van der Waals surface area contributed by atoms with Crippen LogP contribution in [0.5, 0.6) is 0 Å². The summed E-state index contributed by atoms with van der Waals surface area (Å²) >= 11 is 0. The Hall–Kier alpha value is -1.49. The fraction of sp³-hybridized carbons (Fsp3) is 0.143. The minimum Gasteiger partial charge on any atom is -0.322 e. The lowest BCUT2D eigenvalue weighted by Crippen LogP contribution is -2.22. The van der Waals surface area contributed by atoms with Crippen molar-refractivity contribution in [2.24, 2.45) is 5.73 Å². The van der Waals surface area contributed by atoms with E-state index in [0.717, 1.165) is 6.20 Å². The average molecular weight is 169 g/mol. The summed E-state index contributed by atoms with van der Waals surface area (Å²) in [5.74, 6) is -0.498. The summed E-state index contributed by atoms with van der Waals surface area (Å²) in [5, 5.41) is 2.38. The number of nitrogens with zero attached hydrogens (tertiary/aromatic N) is 1. The van der Waals surface area contributed by atoms with Crippen molar-refractivity contribution in [2.75, 3.05) is 11.9 Å². The van der Waals surface area contributed by atoms with Gasteiger partial charge in [0.15, 0.2) is 0 Å². The third-order valence-corrected chi connectivity index (χ3v) is 1.18. The largest absolute Gasteiger partial charge is 0.322 e. The second-order valence-corrected chi connectivity index (χ2v) is 2.11. The van der Waals surface area contributed by atoms with Gasteiger partial charge in [-0.25, -0.2) is 9.37 Å². The second kappa shape index (κ2) is 3.77. The van der Waals surface area contributed by atoms with Gasteiger partial charge in [0.05, 0.1) is 12.7 Å². The lowest BCUT2D eigenvalue weighted by atomic mass is 10.4. The van der Waals surface area contributed by atoms with Gasteiger partial charge in [-0.2, -0.15) is 0 Å². The second-order valence-electron chi connectivity index (χ2n) is 2.11. The predicted molar refractivity (Wildman–Crippen MR) is 41.9 cm³/mol. The summed E-state index contributed by atoms with van der Waals surface area (Å²) in [7, 11) is 0. The molecule has 1 rings (SSSR count). The number of hydrogen-bond donors (Lipinski definition) is 2. The molecule has 0 atom stereocenters. The molecule has 1 amide bonds. The summed E-state index contributed by atoms with van der Waals surface area (Å²) in [6, 6.07) is 2.57. The van der Waals surface area contributed by atoms with Crippen LogP contribution >= 0.6 is 0 Å². The number of carbonyl (C=O) groups is 1. The van der Waals surface area contributed by atoms with Gasteiger partial charge in [-0.05, 0) is 12.1 Å². The Morgan fingerprint density at radius 3 is 2.92 bits per heavy atom. The molecule has 0 aliphatic carbocycles. The number of nitrogens with one attached hydrogen (secondary N) is 1. The molecule has 1 aromatic heterocycles.